The molecule has 0 spiro atoms. The van der Waals surface area contributed by atoms with Crippen molar-refractivity contribution >= 4 is 23.4 Å². The van der Waals surface area contributed by atoms with Crippen LogP contribution >= 0.6 is 23.4 Å². The van der Waals surface area contributed by atoms with E-state index in [2.05, 4.69) is 17.4 Å². The first-order valence-electron chi connectivity index (χ1n) is 5.98. The van der Waals surface area contributed by atoms with Gasteiger partial charge in [-0.3, -0.25) is 0 Å². The smallest absolute Gasteiger partial charge is 0.0406 e. The van der Waals surface area contributed by atoms with Gasteiger partial charge in [0.2, 0.25) is 0 Å². The third-order valence-corrected chi connectivity index (χ3v) is 5.06. The lowest BCUT2D eigenvalue weighted by Gasteiger charge is -2.28. The maximum Gasteiger partial charge on any atom is 0.0406 e. The van der Waals surface area contributed by atoms with Crippen molar-refractivity contribution < 1.29 is 0 Å². The van der Waals surface area contributed by atoms with Crippen LogP contribution in [-0.4, -0.2) is 17.3 Å². The van der Waals surface area contributed by atoms with Crippen LogP contribution in [0.3, 0.4) is 0 Å². The molecule has 0 radical (unpaired) electrons. The minimum Gasteiger partial charge on any atom is -0.311 e. The van der Waals surface area contributed by atoms with Crippen molar-refractivity contribution in [2.75, 3.05) is 0 Å². The van der Waals surface area contributed by atoms with Crippen molar-refractivity contribution in [3.63, 3.8) is 0 Å². The van der Waals surface area contributed by atoms with Crippen molar-refractivity contribution in [1.82, 2.24) is 5.32 Å². The number of thioether (sulfide) groups is 1. The monoisotopic (exact) mass is 253 g/mol. The number of piperidine rings is 1. The largest absolute Gasteiger partial charge is 0.311 e. The van der Waals surface area contributed by atoms with E-state index in [4.69, 9.17) is 11.6 Å². The zero-order chi connectivity index (χ0) is 11.0. The Hall–Kier alpha value is -0.180. The van der Waals surface area contributed by atoms with Crippen molar-refractivity contribution in [3.8, 4) is 0 Å². The molecule has 0 amide bonds. The Labute approximate surface area is 106 Å². The van der Waals surface area contributed by atoms with Crippen LogP contribution in [0.25, 0.3) is 0 Å². The summed E-state index contributed by atoms with van der Waals surface area (Å²) >= 11 is 7.91. The molecule has 16 heavy (non-hydrogen) atoms. The topological polar surface area (TPSA) is 12.0 Å². The zero-order valence-electron chi connectivity index (χ0n) is 9.16. The second-order valence-corrected chi connectivity index (χ2v) is 6.61. The summed E-state index contributed by atoms with van der Waals surface area (Å²) in [5.74, 6) is 0. The standard InChI is InChI=1S/C13H16ClNS/c14-9-1-5-12(6-2-9)16-13-7-10-3-4-11(8-13)15-10/h1-2,5-6,10-11,13,15H,3-4,7-8H2/t10-,11-/m0/s1. The molecule has 2 saturated heterocycles. The maximum atomic E-state index is 5.89. The number of benzene rings is 1. The fraction of sp³-hybridized carbons (Fsp3) is 0.538. The van der Waals surface area contributed by atoms with Gasteiger partial charge >= 0.3 is 0 Å². The van der Waals surface area contributed by atoms with Crippen molar-refractivity contribution in [3.05, 3.63) is 29.3 Å². The van der Waals surface area contributed by atoms with E-state index >= 15 is 0 Å². The van der Waals surface area contributed by atoms with Crippen LogP contribution in [0.4, 0.5) is 0 Å². The third kappa shape index (κ3) is 2.39. The minimum atomic E-state index is 0.781. The molecule has 86 valence electrons. The lowest BCUT2D eigenvalue weighted by molar-refractivity contribution is 0.415. The molecule has 0 saturated carbocycles. The van der Waals surface area contributed by atoms with Gasteiger partial charge in [0.1, 0.15) is 0 Å². The molecule has 2 bridgehead atoms. The average Bonchev–Trinajstić information content (AvgIpc) is 2.62. The quantitative estimate of drug-likeness (QED) is 0.862. The maximum absolute atomic E-state index is 5.89. The summed E-state index contributed by atoms with van der Waals surface area (Å²) in [5.41, 5.74) is 0. The summed E-state index contributed by atoms with van der Waals surface area (Å²) in [4.78, 5) is 1.36. The number of nitrogens with one attached hydrogen (secondary N) is 1. The molecule has 3 heteroatoms. The summed E-state index contributed by atoms with van der Waals surface area (Å²) < 4.78 is 0. The minimum absolute atomic E-state index is 0.781. The van der Waals surface area contributed by atoms with Gasteiger partial charge < -0.3 is 5.32 Å². The van der Waals surface area contributed by atoms with E-state index in [0.717, 1.165) is 22.4 Å². The van der Waals surface area contributed by atoms with E-state index in [1.165, 1.54) is 30.6 Å². The predicted molar refractivity (Wildman–Crippen MR) is 70.3 cm³/mol. The normalized spacial score (nSPS) is 32.9. The van der Waals surface area contributed by atoms with Crippen LogP contribution in [0.2, 0.25) is 5.02 Å². The van der Waals surface area contributed by atoms with Crippen molar-refractivity contribution in [2.45, 2.75) is 47.9 Å². The number of hydrogen-bond donors (Lipinski definition) is 1. The molecule has 2 atom stereocenters. The fourth-order valence-electron chi connectivity index (χ4n) is 2.81. The molecular formula is C13H16ClNS. The molecule has 2 heterocycles. The van der Waals surface area contributed by atoms with Crippen LogP contribution in [0.15, 0.2) is 29.2 Å². The van der Waals surface area contributed by atoms with E-state index < -0.39 is 0 Å². The Bertz CT molecular complexity index is 353. The van der Waals surface area contributed by atoms with Gasteiger partial charge in [-0.2, -0.15) is 0 Å². The SMILES string of the molecule is Clc1ccc(SC2C[C@@H]3CC[C@@H](C2)N3)cc1. The van der Waals surface area contributed by atoms with E-state index in [0.29, 0.717) is 0 Å². The van der Waals surface area contributed by atoms with Crippen LogP contribution in [0.5, 0.6) is 0 Å². The van der Waals surface area contributed by atoms with Gasteiger partial charge in [0.05, 0.1) is 0 Å². The second-order valence-electron chi connectivity index (χ2n) is 4.80. The highest BCUT2D eigenvalue weighted by atomic mass is 35.5. The van der Waals surface area contributed by atoms with Gasteiger partial charge in [0.25, 0.3) is 0 Å². The van der Waals surface area contributed by atoms with Gasteiger partial charge in [-0.05, 0) is 49.9 Å². The van der Waals surface area contributed by atoms with Gasteiger partial charge in [-0.15, -0.1) is 11.8 Å². The third-order valence-electron chi connectivity index (χ3n) is 3.55. The summed E-state index contributed by atoms with van der Waals surface area (Å²) in [7, 11) is 0. The molecular weight excluding hydrogens is 238 g/mol. The van der Waals surface area contributed by atoms with Crippen molar-refractivity contribution in [1.29, 1.82) is 0 Å². The first-order valence-corrected chi connectivity index (χ1v) is 7.23. The molecule has 0 aromatic heterocycles. The molecule has 2 fully saturated rings. The van der Waals surface area contributed by atoms with E-state index in [1.54, 1.807) is 0 Å². The van der Waals surface area contributed by atoms with Crippen LogP contribution in [-0.2, 0) is 0 Å². The predicted octanol–water partition coefficient (Wildman–Crippen LogP) is 3.72. The Morgan fingerprint density at radius 3 is 2.31 bits per heavy atom. The molecule has 0 unspecified atom stereocenters. The number of hydrogen-bond acceptors (Lipinski definition) is 2. The van der Waals surface area contributed by atoms with Gasteiger partial charge in [0, 0.05) is 27.3 Å². The van der Waals surface area contributed by atoms with Gasteiger partial charge in [0.15, 0.2) is 0 Å². The first-order chi connectivity index (χ1) is 7.79. The van der Waals surface area contributed by atoms with Crippen LogP contribution in [0, 0.1) is 0 Å². The number of halogens is 1. The number of rotatable bonds is 2. The second kappa shape index (κ2) is 4.59. The highest BCUT2D eigenvalue weighted by Gasteiger charge is 2.33. The van der Waals surface area contributed by atoms with E-state index in [1.807, 2.05) is 23.9 Å². The highest BCUT2D eigenvalue weighted by molar-refractivity contribution is 8.00. The van der Waals surface area contributed by atoms with Crippen LogP contribution < -0.4 is 5.32 Å². The summed E-state index contributed by atoms with van der Waals surface area (Å²) in [6, 6.07) is 9.81. The summed E-state index contributed by atoms with van der Waals surface area (Å²) in [5, 5.41) is 5.30. The van der Waals surface area contributed by atoms with Crippen molar-refractivity contribution in [2.24, 2.45) is 0 Å². The lowest BCUT2D eigenvalue weighted by atomic mass is 10.1. The first kappa shape index (κ1) is 10.9. The van der Waals surface area contributed by atoms with Crippen LogP contribution in [0.1, 0.15) is 25.7 Å². The van der Waals surface area contributed by atoms with E-state index in [-0.39, 0.29) is 0 Å². The lowest BCUT2D eigenvalue weighted by Crippen LogP contribution is -2.39. The molecule has 2 aliphatic rings. The summed E-state index contributed by atoms with van der Waals surface area (Å²) in [6.07, 6.45) is 5.40. The van der Waals surface area contributed by atoms with Gasteiger partial charge in [-0.1, -0.05) is 11.6 Å². The molecule has 1 N–H and O–H groups in total. The molecule has 2 aliphatic heterocycles. The molecule has 0 aliphatic carbocycles. The average molecular weight is 254 g/mol. The zero-order valence-corrected chi connectivity index (χ0v) is 10.7. The van der Waals surface area contributed by atoms with E-state index in [9.17, 15) is 0 Å². The highest BCUT2D eigenvalue weighted by Crippen LogP contribution is 2.37. The van der Waals surface area contributed by atoms with Gasteiger partial charge in [-0.25, -0.2) is 0 Å². The number of fused-ring (bicyclic) bond motifs is 2. The Morgan fingerprint density at radius 2 is 1.69 bits per heavy atom. The molecule has 3 rings (SSSR count). The Kier molecular flexibility index (Phi) is 3.14. The fourth-order valence-corrected chi connectivity index (χ4v) is 4.27. The Morgan fingerprint density at radius 1 is 1.06 bits per heavy atom. The molecule has 1 nitrogen and oxygen atoms in total. The molecule has 1 aromatic rings. The molecule has 1 aromatic carbocycles. The summed E-state index contributed by atoms with van der Waals surface area (Å²) in [6.45, 7) is 0. The Balaban J connectivity index is 1.64.